The van der Waals surface area contributed by atoms with E-state index in [1.165, 1.54) is 49.7 Å². The van der Waals surface area contributed by atoms with Crippen LogP contribution >= 0.6 is 0 Å². The van der Waals surface area contributed by atoms with E-state index in [2.05, 4.69) is 158 Å². The van der Waals surface area contributed by atoms with E-state index in [4.69, 9.17) is 14.7 Å². The maximum Gasteiger partial charge on any atom is 0.145 e. The van der Waals surface area contributed by atoms with Gasteiger partial charge in [0.25, 0.3) is 0 Å². The van der Waals surface area contributed by atoms with Crippen LogP contribution in [0.1, 0.15) is 22.3 Å². The van der Waals surface area contributed by atoms with Crippen molar-refractivity contribution in [2.45, 2.75) is 27.7 Å². The number of ether oxygens (including phenoxy) is 1. The van der Waals surface area contributed by atoms with Crippen LogP contribution in [0.5, 0.6) is 11.5 Å². The van der Waals surface area contributed by atoms with Gasteiger partial charge < -0.3 is 4.74 Å². The molecule has 4 heterocycles. The van der Waals surface area contributed by atoms with Crippen molar-refractivity contribution in [1.29, 1.82) is 0 Å². The van der Waals surface area contributed by atoms with Crippen molar-refractivity contribution < 1.29 is 4.74 Å². The third-order valence-electron chi connectivity index (χ3n) is 10.6. The maximum atomic E-state index is 6.65. The maximum absolute atomic E-state index is 6.65. The number of aryl methyl sites for hydroxylation is 4. The van der Waals surface area contributed by atoms with Gasteiger partial charge in [-0.15, -0.1) is 0 Å². The summed E-state index contributed by atoms with van der Waals surface area (Å²) in [5.41, 5.74) is 13.9. The number of fused-ring (bicyclic) bond motifs is 12. The first-order chi connectivity index (χ1) is 24.9. The van der Waals surface area contributed by atoms with Crippen molar-refractivity contribution in [2.24, 2.45) is 0 Å². The summed E-state index contributed by atoms with van der Waals surface area (Å²) in [7, 11) is 0. The molecule has 0 amide bonds. The van der Waals surface area contributed by atoms with Gasteiger partial charge in [-0.25, -0.2) is 9.97 Å². The standard InChI is InChI=1S/C46H34N4O/c1-27-9-7-10-28(2)43(27)31-15-18-37-35-20-17-32(24-38(35)45-47-21-22-49(45)41(37)23-31)51-33-16-19-34-36-13-5-6-14-40(36)50-42(26-48-46(50)39(34)25-33)44-29(3)11-8-12-30(44)4/h5-26H,1-4H3. The van der Waals surface area contributed by atoms with Crippen LogP contribution in [0.25, 0.3) is 77.0 Å². The molecule has 0 aliphatic rings. The SMILES string of the molecule is Cc1cccc(C)c1-c1ccc2c3ccc(Oc4ccc5c6ccccc6n6c(-c7c(C)cccc7C)cnc6c5c4)cc3c3nccn3c2c1. The van der Waals surface area contributed by atoms with E-state index in [1.54, 1.807) is 0 Å². The van der Waals surface area contributed by atoms with Gasteiger partial charge in [0.2, 0.25) is 0 Å². The molecule has 0 bridgehead atoms. The average molecular weight is 659 g/mol. The molecule has 0 N–H and O–H groups in total. The fourth-order valence-corrected chi connectivity index (χ4v) is 8.31. The highest BCUT2D eigenvalue weighted by atomic mass is 16.5. The Balaban J connectivity index is 1.11. The van der Waals surface area contributed by atoms with Gasteiger partial charge in [-0.2, -0.15) is 0 Å². The van der Waals surface area contributed by atoms with Gasteiger partial charge in [-0.3, -0.25) is 8.80 Å². The minimum atomic E-state index is 0.758. The third-order valence-corrected chi connectivity index (χ3v) is 10.6. The molecule has 0 atom stereocenters. The Labute approximate surface area is 295 Å². The quantitative estimate of drug-likeness (QED) is 0.177. The number of aromatic nitrogens is 4. The van der Waals surface area contributed by atoms with Crippen LogP contribution in [-0.4, -0.2) is 18.8 Å². The number of hydrogen-bond donors (Lipinski definition) is 0. The number of pyridine rings is 2. The second-order valence-corrected chi connectivity index (χ2v) is 13.7. The number of rotatable bonds is 4. The Hall–Kier alpha value is -6.46. The molecule has 0 saturated heterocycles. The van der Waals surface area contributed by atoms with Crippen molar-refractivity contribution >= 4 is 54.6 Å². The first-order valence-electron chi connectivity index (χ1n) is 17.4. The van der Waals surface area contributed by atoms with Gasteiger partial charge in [-0.05, 0) is 120 Å². The summed E-state index contributed by atoms with van der Waals surface area (Å²) in [5.74, 6) is 1.52. The monoisotopic (exact) mass is 658 g/mol. The number of para-hydroxylation sites is 1. The fourth-order valence-electron chi connectivity index (χ4n) is 8.31. The van der Waals surface area contributed by atoms with Crippen LogP contribution in [-0.2, 0) is 0 Å². The highest BCUT2D eigenvalue weighted by Gasteiger charge is 2.18. The Bertz CT molecular complexity index is 3020. The highest BCUT2D eigenvalue weighted by Crippen LogP contribution is 2.39. The second-order valence-electron chi connectivity index (χ2n) is 13.7. The molecule has 0 fully saturated rings. The first kappa shape index (κ1) is 29.5. The highest BCUT2D eigenvalue weighted by molar-refractivity contribution is 6.14. The minimum absolute atomic E-state index is 0.758. The number of hydrogen-bond acceptors (Lipinski definition) is 3. The molecule has 0 saturated carbocycles. The molecule has 51 heavy (non-hydrogen) atoms. The summed E-state index contributed by atoms with van der Waals surface area (Å²) in [6.45, 7) is 8.70. The summed E-state index contributed by atoms with van der Waals surface area (Å²) in [4.78, 5) is 9.86. The lowest BCUT2D eigenvalue weighted by atomic mass is 9.94. The van der Waals surface area contributed by atoms with Gasteiger partial charge in [0.05, 0.1) is 22.9 Å². The van der Waals surface area contributed by atoms with Gasteiger partial charge >= 0.3 is 0 Å². The normalized spacial score (nSPS) is 11.9. The first-order valence-corrected chi connectivity index (χ1v) is 17.4. The average Bonchev–Trinajstić information content (AvgIpc) is 3.81. The minimum Gasteiger partial charge on any atom is -0.457 e. The van der Waals surface area contributed by atoms with Crippen LogP contribution < -0.4 is 4.74 Å². The summed E-state index contributed by atoms with van der Waals surface area (Å²) in [6, 6.07) is 41.0. The van der Waals surface area contributed by atoms with Gasteiger partial charge in [0, 0.05) is 39.5 Å². The lowest BCUT2D eigenvalue weighted by molar-refractivity contribution is 0.484. The Morgan fingerprint density at radius 2 is 1.10 bits per heavy atom. The van der Waals surface area contributed by atoms with Crippen molar-refractivity contribution in [2.75, 3.05) is 0 Å². The molecule has 5 heteroatoms. The van der Waals surface area contributed by atoms with Crippen molar-refractivity contribution in [3.8, 4) is 33.9 Å². The molecule has 5 nitrogen and oxygen atoms in total. The topological polar surface area (TPSA) is 43.8 Å². The largest absolute Gasteiger partial charge is 0.457 e. The molecule has 0 aliphatic heterocycles. The lowest BCUT2D eigenvalue weighted by Crippen LogP contribution is -1.96. The second kappa shape index (κ2) is 11.0. The molecule has 0 radical (unpaired) electrons. The van der Waals surface area contributed by atoms with E-state index in [0.29, 0.717) is 0 Å². The van der Waals surface area contributed by atoms with Gasteiger partial charge in [0.1, 0.15) is 22.8 Å². The predicted molar refractivity (Wildman–Crippen MR) is 210 cm³/mol. The summed E-state index contributed by atoms with van der Waals surface area (Å²) in [5, 5.41) is 6.74. The Kier molecular flexibility index (Phi) is 6.37. The molecule has 6 aromatic carbocycles. The zero-order valence-electron chi connectivity index (χ0n) is 28.9. The third kappa shape index (κ3) is 4.41. The van der Waals surface area contributed by atoms with Crippen molar-refractivity contribution in [3.63, 3.8) is 0 Å². The summed E-state index contributed by atoms with van der Waals surface area (Å²) >= 11 is 0. The van der Waals surface area contributed by atoms with Gasteiger partial charge in [0.15, 0.2) is 0 Å². The van der Waals surface area contributed by atoms with E-state index in [-0.39, 0.29) is 0 Å². The van der Waals surface area contributed by atoms with Crippen LogP contribution in [0.3, 0.4) is 0 Å². The molecule has 10 aromatic rings. The zero-order valence-corrected chi connectivity index (χ0v) is 28.9. The van der Waals surface area contributed by atoms with E-state index >= 15 is 0 Å². The van der Waals surface area contributed by atoms with Crippen molar-refractivity contribution in [1.82, 2.24) is 18.8 Å². The Morgan fingerprint density at radius 3 is 1.80 bits per heavy atom. The molecular weight excluding hydrogens is 625 g/mol. The number of nitrogens with zero attached hydrogens (tertiary/aromatic N) is 4. The zero-order chi connectivity index (χ0) is 34.4. The molecule has 244 valence electrons. The molecule has 0 aliphatic carbocycles. The van der Waals surface area contributed by atoms with Crippen molar-refractivity contribution in [3.05, 3.63) is 156 Å². The van der Waals surface area contributed by atoms with E-state index in [9.17, 15) is 0 Å². The molecule has 10 rings (SSSR count). The molecule has 0 unspecified atom stereocenters. The van der Waals surface area contributed by atoms with E-state index in [0.717, 1.165) is 61.1 Å². The smallest absolute Gasteiger partial charge is 0.145 e. The van der Waals surface area contributed by atoms with Crippen LogP contribution in [0.4, 0.5) is 0 Å². The summed E-state index contributed by atoms with van der Waals surface area (Å²) < 4.78 is 11.2. The lowest BCUT2D eigenvalue weighted by Gasteiger charge is -2.15. The van der Waals surface area contributed by atoms with Crippen LogP contribution in [0.2, 0.25) is 0 Å². The molecular formula is C46H34N4O. The molecule has 0 spiro atoms. The fraction of sp³-hybridized carbons (Fsp3) is 0.0870. The van der Waals surface area contributed by atoms with Gasteiger partial charge in [-0.1, -0.05) is 66.7 Å². The Morgan fingerprint density at radius 1 is 0.490 bits per heavy atom. The van der Waals surface area contributed by atoms with E-state index < -0.39 is 0 Å². The van der Waals surface area contributed by atoms with Crippen LogP contribution in [0, 0.1) is 27.7 Å². The van der Waals surface area contributed by atoms with E-state index in [1.807, 2.05) is 12.4 Å². The number of benzene rings is 6. The molecule has 4 aromatic heterocycles. The van der Waals surface area contributed by atoms with Crippen LogP contribution in [0.15, 0.2) is 134 Å². The predicted octanol–water partition coefficient (Wildman–Crippen LogP) is 12.0. The summed E-state index contributed by atoms with van der Waals surface area (Å²) in [6.07, 6.45) is 5.94. The number of imidazole rings is 2.